The number of para-hydroxylation sites is 1. The number of hydrogen-bond donors (Lipinski definition) is 1. The van der Waals surface area contributed by atoms with Crippen LogP contribution in [-0.2, 0) is 11.3 Å². The maximum absolute atomic E-state index is 13.4. The van der Waals surface area contributed by atoms with Gasteiger partial charge in [-0.2, -0.15) is 0 Å². The molecule has 0 fully saturated rings. The molecule has 1 N–H and O–H groups in total. The summed E-state index contributed by atoms with van der Waals surface area (Å²) in [5.74, 6) is -1.11. The molecule has 6 nitrogen and oxygen atoms in total. The Labute approximate surface area is 165 Å². The van der Waals surface area contributed by atoms with E-state index in [0.29, 0.717) is 17.3 Å². The predicted molar refractivity (Wildman–Crippen MR) is 108 cm³/mol. The van der Waals surface area contributed by atoms with Gasteiger partial charge in [0, 0.05) is 6.04 Å². The number of amides is 1. The highest BCUT2D eigenvalue weighted by molar-refractivity contribution is 6.33. The summed E-state index contributed by atoms with van der Waals surface area (Å²) in [6.07, 6.45) is 0.582. The number of fused-ring (bicyclic) bond motifs is 1. The van der Waals surface area contributed by atoms with Gasteiger partial charge < -0.3 is 5.32 Å². The summed E-state index contributed by atoms with van der Waals surface area (Å²) in [5.41, 5.74) is -0.491. The van der Waals surface area contributed by atoms with Crippen LogP contribution >= 0.6 is 11.6 Å². The number of benzene rings is 2. The second kappa shape index (κ2) is 7.98. The first-order chi connectivity index (χ1) is 13.3. The molecule has 0 aliphatic carbocycles. The first-order valence-electron chi connectivity index (χ1n) is 8.82. The van der Waals surface area contributed by atoms with Crippen LogP contribution in [0.1, 0.15) is 26.3 Å². The number of carbonyl (C=O) groups is 1. The summed E-state index contributed by atoms with van der Waals surface area (Å²) in [4.78, 5) is 38.3. The molecule has 1 heterocycles. The van der Waals surface area contributed by atoms with E-state index in [1.54, 1.807) is 31.2 Å². The topological polar surface area (TPSA) is 73.1 Å². The summed E-state index contributed by atoms with van der Waals surface area (Å²) < 4.78 is 15.8. The Hall–Kier alpha value is -2.93. The second-order valence-corrected chi connectivity index (χ2v) is 6.90. The Balaban J connectivity index is 2.07. The quantitative estimate of drug-likeness (QED) is 0.707. The molecule has 1 atom stereocenters. The largest absolute Gasteiger partial charge is 0.332 e. The minimum Gasteiger partial charge on any atom is -0.323 e. The fourth-order valence-corrected chi connectivity index (χ4v) is 3.16. The Morgan fingerprint density at radius 3 is 2.64 bits per heavy atom. The third kappa shape index (κ3) is 3.71. The van der Waals surface area contributed by atoms with E-state index in [1.807, 2.05) is 6.92 Å². The third-order valence-corrected chi connectivity index (χ3v) is 4.95. The van der Waals surface area contributed by atoms with Gasteiger partial charge in [0.1, 0.15) is 12.4 Å². The van der Waals surface area contributed by atoms with Gasteiger partial charge in [0.15, 0.2) is 0 Å². The van der Waals surface area contributed by atoms with Gasteiger partial charge in [0.25, 0.3) is 5.56 Å². The van der Waals surface area contributed by atoms with Crippen molar-refractivity contribution in [3.05, 3.63) is 74.1 Å². The fraction of sp³-hybridized carbons (Fsp3) is 0.250. The van der Waals surface area contributed by atoms with Crippen molar-refractivity contribution >= 4 is 34.1 Å². The molecule has 0 aliphatic rings. The molecule has 1 aromatic heterocycles. The molecule has 0 saturated carbocycles. The maximum atomic E-state index is 13.4. The lowest BCUT2D eigenvalue weighted by molar-refractivity contribution is -0.116. The highest BCUT2D eigenvalue weighted by Crippen LogP contribution is 2.22. The van der Waals surface area contributed by atoms with Crippen molar-refractivity contribution in [1.29, 1.82) is 0 Å². The van der Waals surface area contributed by atoms with Crippen molar-refractivity contribution in [1.82, 2.24) is 9.13 Å². The number of anilines is 1. The van der Waals surface area contributed by atoms with Crippen LogP contribution in [0.5, 0.6) is 0 Å². The van der Waals surface area contributed by atoms with Crippen molar-refractivity contribution in [2.75, 3.05) is 5.32 Å². The van der Waals surface area contributed by atoms with Gasteiger partial charge in [-0.25, -0.2) is 9.18 Å². The van der Waals surface area contributed by atoms with Gasteiger partial charge in [-0.15, -0.1) is 0 Å². The van der Waals surface area contributed by atoms with Crippen LogP contribution < -0.4 is 16.6 Å². The summed E-state index contributed by atoms with van der Waals surface area (Å²) in [6.45, 7) is 3.30. The van der Waals surface area contributed by atoms with Crippen LogP contribution in [0.4, 0.5) is 10.1 Å². The number of nitrogens with zero attached hydrogens (tertiary/aromatic N) is 2. The average molecular weight is 404 g/mol. The molecular weight excluding hydrogens is 385 g/mol. The molecule has 3 rings (SSSR count). The van der Waals surface area contributed by atoms with Gasteiger partial charge in [0.05, 0.1) is 21.6 Å². The number of nitrogens with one attached hydrogen (secondary N) is 1. The van der Waals surface area contributed by atoms with Crippen molar-refractivity contribution in [2.45, 2.75) is 32.9 Å². The lowest BCUT2D eigenvalue weighted by Crippen LogP contribution is -2.43. The molecule has 0 saturated heterocycles. The van der Waals surface area contributed by atoms with Gasteiger partial charge in [-0.05, 0) is 43.7 Å². The molecule has 8 heteroatoms. The van der Waals surface area contributed by atoms with Crippen LogP contribution in [0.15, 0.2) is 52.1 Å². The van der Waals surface area contributed by atoms with Crippen molar-refractivity contribution in [3.63, 3.8) is 0 Å². The maximum Gasteiger partial charge on any atom is 0.332 e. The second-order valence-electron chi connectivity index (χ2n) is 6.49. The number of aromatic nitrogens is 2. The number of hydrogen-bond acceptors (Lipinski definition) is 3. The lowest BCUT2D eigenvalue weighted by Gasteiger charge is -2.17. The van der Waals surface area contributed by atoms with Gasteiger partial charge in [-0.1, -0.05) is 30.7 Å². The summed E-state index contributed by atoms with van der Waals surface area (Å²) in [6, 6.07) is 9.90. The Kier molecular flexibility index (Phi) is 5.65. The predicted octanol–water partition coefficient (Wildman–Crippen LogP) is 3.57. The average Bonchev–Trinajstić information content (AvgIpc) is 2.68. The molecule has 0 spiro atoms. The van der Waals surface area contributed by atoms with Crippen molar-refractivity contribution < 1.29 is 9.18 Å². The fourth-order valence-electron chi connectivity index (χ4n) is 2.99. The van der Waals surface area contributed by atoms with Crippen molar-refractivity contribution in [3.8, 4) is 0 Å². The van der Waals surface area contributed by atoms with Crippen LogP contribution in [0.3, 0.4) is 0 Å². The smallest absolute Gasteiger partial charge is 0.323 e. The molecule has 146 valence electrons. The normalized spacial score (nSPS) is 12.1. The Morgan fingerprint density at radius 1 is 1.21 bits per heavy atom. The van der Waals surface area contributed by atoms with E-state index in [0.717, 1.165) is 10.6 Å². The van der Waals surface area contributed by atoms with Gasteiger partial charge in [0.2, 0.25) is 5.91 Å². The summed E-state index contributed by atoms with van der Waals surface area (Å²) in [7, 11) is 0. The highest BCUT2D eigenvalue weighted by Gasteiger charge is 2.18. The SMILES string of the molecule is CC[C@H](C)n1c(=O)c2ccccc2n(CC(=O)Nc2cc(F)ccc2Cl)c1=O. The van der Waals surface area contributed by atoms with E-state index in [4.69, 9.17) is 11.6 Å². The van der Waals surface area contributed by atoms with Crippen LogP contribution in [0.2, 0.25) is 5.02 Å². The van der Waals surface area contributed by atoms with E-state index in [-0.39, 0.29) is 28.9 Å². The molecule has 0 radical (unpaired) electrons. The first-order valence-corrected chi connectivity index (χ1v) is 9.20. The first kappa shape index (κ1) is 19.8. The van der Waals surface area contributed by atoms with Crippen LogP contribution in [0, 0.1) is 5.82 Å². The van der Waals surface area contributed by atoms with E-state index >= 15 is 0 Å². The van der Waals surface area contributed by atoms with E-state index < -0.39 is 17.4 Å². The standard InChI is InChI=1S/C20H19ClFN3O3/c1-3-12(2)25-19(27)14-6-4-5-7-17(14)24(20(25)28)11-18(26)23-16-10-13(22)8-9-15(16)21/h4-10,12H,3,11H2,1-2H3,(H,23,26)/t12-/m0/s1. The molecular formula is C20H19ClFN3O3. The number of rotatable bonds is 5. The zero-order chi connectivity index (χ0) is 20.4. The summed E-state index contributed by atoms with van der Waals surface area (Å²) in [5, 5.41) is 3.03. The Bertz CT molecular complexity index is 1170. The minimum absolute atomic E-state index is 0.110. The molecule has 0 unspecified atom stereocenters. The molecule has 0 aliphatic heterocycles. The zero-order valence-electron chi connectivity index (χ0n) is 15.4. The molecule has 0 bridgehead atoms. The molecule has 28 heavy (non-hydrogen) atoms. The molecule has 1 amide bonds. The monoisotopic (exact) mass is 403 g/mol. The highest BCUT2D eigenvalue weighted by atomic mass is 35.5. The minimum atomic E-state index is -0.571. The van der Waals surface area contributed by atoms with Gasteiger partial charge >= 0.3 is 5.69 Å². The molecule has 2 aromatic carbocycles. The summed E-state index contributed by atoms with van der Waals surface area (Å²) >= 11 is 5.98. The van der Waals surface area contributed by atoms with Crippen LogP contribution in [-0.4, -0.2) is 15.0 Å². The lowest BCUT2D eigenvalue weighted by atomic mass is 10.2. The van der Waals surface area contributed by atoms with E-state index in [9.17, 15) is 18.8 Å². The van der Waals surface area contributed by atoms with Crippen LogP contribution in [0.25, 0.3) is 10.9 Å². The van der Waals surface area contributed by atoms with E-state index in [1.165, 1.54) is 16.7 Å². The Morgan fingerprint density at radius 2 is 1.93 bits per heavy atom. The molecule has 3 aromatic rings. The zero-order valence-corrected chi connectivity index (χ0v) is 16.2. The number of carbonyl (C=O) groups excluding carboxylic acids is 1. The van der Waals surface area contributed by atoms with Gasteiger partial charge in [-0.3, -0.25) is 18.7 Å². The van der Waals surface area contributed by atoms with Crippen molar-refractivity contribution in [2.24, 2.45) is 0 Å². The third-order valence-electron chi connectivity index (χ3n) is 4.62. The van der Waals surface area contributed by atoms with E-state index in [2.05, 4.69) is 5.32 Å². The number of halogens is 2.